The van der Waals surface area contributed by atoms with Gasteiger partial charge in [0.25, 0.3) is 0 Å². The fourth-order valence-corrected chi connectivity index (χ4v) is 4.68. The number of ether oxygens (including phenoxy) is 1. The summed E-state index contributed by atoms with van der Waals surface area (Å²) in [6, 6.07) is 6.26. The van der Waals surface area contributed by atoms with E-state index in [2.05, 4.69) is 10.6 Å². The molecular formula is C28H45N3O4. The van der Waals surface area contributed by atoms with Gasteiger partial charge in [0.1, 0.15) is 17.7 Å². The molecule has 1 aliphatic rings. The Morgan fingerprint density at radius 2 is 1.71 bits per heavy atom. The van der Waals surface area contributed by atoms with Crippen LogP contribution in [0.25, 0.3) is 0 Å². The number of carbonyl (C=O) groups is 3. The highest BCUT2D eigenvalue weighted by Crippen LogP contribution is 2.27. The molecule has 3 amide bonds. The summed E-state index contributed by atoms with van der Waals surface area (Å²) >= 11 is 0. The highest BCUT2D eigenvalue weighted by molar-refractivity contribution is 5.92. The third-order valence-corrected chi connectivity index (χ3v) is 6.31. The molecule has 1 aromatic carbocycles. The first-order chi connectivity index (χ1) is 16.4. The van der Waals surface area contributed by atoms with Crippen molar-refractivity contribution >= 4 is 17.9 Å². The van der Waals surface area contributed by atoms with Crippen LogP contribution in [-0.4, -0.2) is 47.0 Å². The molecule has 0 heterocycles. The van der Waals surface area contributed by atoms with Crippen molar-refractivity contribution in [2.75, 3.05) is 6.54 Å². The predicted octanol–water partition coefficient (Wildman–Crippen LogP) is 5.27. The summed E-state index contributed by atoms with van der Waals surface area (Å²) in [5.41, 5.74) is 1.07. The van der Waals surface area contributed by atoms with Crippen molar-refractivity contribution < 1.29 is 19.1 Å². The maximum atomic E-state index is 13.9. The third kappa shape index (κ3) is 8.86. The van der Waals surface area contributed by atoms with Crippen molar-refractivity contribution in [2.45, 2.75) is 111 Å². The second kappa shape index (κ2) is 12.9. The zero-order chi connectivity index (χ0) is 26.2. The second-order valence-corrected chi connectivity index (χ2v) is 11.1. The molecule has 0 aromatic heterocycles. The Hall–Kier alpha value is -2.57. The van der Waals surface area contributed by atoms with E-state index in [1.54, 1.807) is 25.7 Å². The van der Waals surface area contributed by atoms with E-state index in [9.17, 15) is 14.4 Å². The van der Waals surface area contributed by atoms with E-state index in [1.807, 2.05) is 52.0 Å². The minimum Gasteiger partial charge on any atom is -0.444 e. The van der Waals surface area contributed by atoms with E-state index < -0.39 is 23.8 Å². The number of amides is 3. The van der Waals surface area contributed by atoms with Crippen LogP contribution in [0, 0.1) is 12.8 Å². The predicted molar refractivity (Wildman–Crippen MR) is 139 cm³/mol. The van der Waals surface area contributed by atoms with Crippen LogP contribution in [0.2, 0.25) is 0 Å². The molecule has 2 rings (SSSR count). The Bertz CT molecular complexity index is 856. The monoisotopic (exact) mass is 487 g/mol. The average molecular weight is 488 g/mol. The largest absolute Gasteiger partial charge is 0.444 e. The molecular weight excluding hydrogens is 442 g/mol. The minimum atomic E-state index is -0.793. The molecule has 35 heavy (non-hydrogen) atoms. The first kappa shape index (κ1) is 28.7. The van der Waals surface area contributed by atoms with Crippen molar-refractivity contribution in [3.05, 3.63) is 35.4 Å². The summed E-state index contributed by atoms with van der Waals surface area (Å²) in [6.45, 7) is 13.5. The van der Waals surface area contributed by atoms with Gasteiger partial charge in [0, 0.05) is 12.6 Å². The van der Waals surface area contributed by atoms with Crippen LogP contribution in [-0.2, 0) is 14.3 Å². The van der Waals surface area contributed by atoms with Crippen molar-refractivity contribution in [1.29, 1.82) is 0 Å². The molecule has 7 heteroatoms. The third-order valence-electron chi connectivity index (χ3n) is 6.31. The second-order valence-electron chi connectivity index (χ2n) is 11.1. The Labute approximate surface area is 211 Å². The Morgan fingerprint density at radius 3 is 2.26 bits per heavy atom. The Kier molecular flexibility index (Phi) is 10.6. The van der Waals surface area contributed by atoms with Crippen LogP contribution in [0.4, 0.5) is 4.79 Å². The van der Waals surface area contributed by atoms with Crippen molar-refractivity contribution in [3.63, 3.8) is 0 Å². The highest BCUT2D eigenvalue weighted by Gasteiger charge is 2.37. The van der Waals surface area contributed by atoms with Gasteiger partial charge >= 0.3 is 6.09 Å². The number of aryl methyl sites for hydroxylation is 1. The summed E-state index contributed by atoms with van der Waals surface area (Å²) in [7, 11) is 0. The van der Waals surface area contributed by atoms with Gasteiger partial charge in [0.15, 0.2) is 0 Å². The van der Waals surface area contributed by atoms with Crippen LogP contribution in [0.5, 0.6) is 0 Å². The van der Waals surface area contributed by atoms with Crippen LogP contribution in [0.3, 0.4) is 0 Å². The number of nitrogens with zero attached hydrogens (tertiary/aromatic N) is 1. The smallest absolute Gasteiger partial charge is 0.408 e. The fourth-order valence-electron chi connectivity index (χ4n) is 4.68. The molecule has 1 aromatic rings. The lowest BCUT2D eigenvalue weighted by Gasteiger charge is -2.36. The first-order valence-corrected chi connectivity index (χ1v) is 13.1. The summed E-state index contributed by atoms with van der Waals surface area (Å²) in [5, 5.41) is 6.00. The zero-order valence-electron chi connectivity index (χ0n) is 22.6. The van der Waals surface area contributed by atoms with Gasteiger partial charge in [0.2, 0.25) is 11.8 Å². The van der Waals surface area contributed by atoms with Crippen LogP contribution in [0.1, 0.15) is 97.2 Å². The molecule has 1 aliphatic carbocycles. The standard InChI is InChI=1S/C28H45N3O4/c1-8-31(26(33)23(18-19(2)3)30-27(34)35-28(5,6)7)24(22-17-13-12-14-20(22)4)25(32)29-21-15-10-9-11-16-21/h12-14,17,19,21,23-24H,8-11,15-16,18H2,1-7H3,(H,29,32)(H,30,34). The van der Waals surface area contributed by atoms with Gasteiger partial charge in [0.05, 0.1) is 0 Å². The molecule has 1 fully saturated rings. The van der Waals surface area contributed by atoms with Crippen LogP contribution < -0.4 is 10.6 Å². The van der Waals surface area contributed by atoms with E-state index in [0.717, 1.165) is 36.8 Å². The number of carbonyl (C=O) groups excluding carboxylic acids is 3. The molecule has 2 atom stereocenters. The van der Waals surface area contributed by atoms with E-state index in [0.29, 0.717) is 13.0 Å². The molecule has 196 valence electrons. The van der Waals surface area contributed by atoms with Gasteiger partial charge in [-0.3, -0.25) is 9.59 Å². The van der Waals surface area contributed by atoms with E-state index in [1.165, 1.54) is 6.42 Å². The van der Waals surface area contributed by atoms with Crippen molar-refractivity contribution in [3.8, 4) is 0 Å². The quantitative estimate of drug-likeness (QED) is 0.496. The summed E-state index contributed by atoms with van der Waals surface area (Å²) in [5.74, 6) is -0.286. The lowest BCUT2D eigenvalue weighted by atomic mass is 9.93. The van der Waals surface area contributed by atoms with Gasteiger partial charge in [-0.05, 0) is 70.9 Å². The fraction of sp³-hybridized carbons (Fsp3) is 0.679. The molecule has 7 nitrogen and oxygen atoms in total. The van der Waals surface area contributed by atoms with E-state index in [-0.39, 0.29) is 23.8 Å². The molecule has 0 radical (unpaired) electrons. The summed E-state index contributed by atoms with van der Waals surface area (Å²) < 4.78 is 5.43. The van der Waals surface area contributed by atoms with Gasteiger partial charge in [-0.2, -0.15) is 0 Å². The highest BCUT2D eigenvalue weighted by atomic mass is 16.6. The lowest BCUT2D eigenvalue weighted by Crippen LogP contribution is -2.54. The normalized spacial score (nSPS) is 16.3. The molecule has 0 aliphatic heterocycles. The van der Waals surface area contributed by atoms with E-state index >= 15 is 0 Å². The van der Waals surface area contributed by atoms with Crippen LogP contribution >= 0.6 is 0 Å². The molecule has 0 saturated heterocycles. The summed E-state index contributed by atoms with van der Waals surface area (Å²) in [4.78, 5) is 41.8. The Balaban J connectivity index is 2.38. The number of hydrogen-bond acceptors (Lipinski definition) is 4. The SMILES string of the molecule is CCN(C(=O)C(CC(C)C)NC(=O)OC(C)(C)C)C(C(=O)NC1CCCCC1)c1ccccc1C. The van der Waals surface area contributed by atoms with E-state index in [4.69, 9.17) is 4.74 Å². The maximum Gasteiger partial charge on any atom is 0.408 e. The number of rotatable bonds is 9. The Morgan fingerprint density at radius 1 is 1.09 bits per heavy atom. The molecule has 2 N–H and O–H groups in total. The molecule has 0 bridgehead atoms. The van der Waals surface area contributed by atoms with Crippen molar-refractivity contribution in [2.24, 2.45) is 5.92 Å². The van der Waals surface area contributed by atoms with Gasteiger partial charge < -0.3 is 20.3 Å². The average Bonchev–Trinajstić information content (AvgIpc) is 2.76. The topological polar surface area (TPSA) is 87.7 Å². The van der Waals surface area contributed by atoms with Gasteiger partial charge in [-0.1, -0.05) is 57.4 Å². The number of benzene rings is 1. The number of likely N-dealkylation sites (N-methyl/N-ethyl adjacent to an activating group) is 1. The minimum absolute atomic E-state index is 0.128. The molecule has 2 unspecified atom stereocenters. The van der Waals surface area contributed by atoms with Crippen LogP contribution in [0.15, 0.2) is 24.3 Å². The molecule has 1 saturated carbocycles. The number of hydrogen-bond donors (Lipinski definition) is 2. The zero-order valence-corrected chi connectivity index (χ0v) is 22.6. The van der Waals surface area contributed by atoms with Crippen molar-refractivity contribution in [1.82, 2.24) is 15.5 Å². The van der Waals surface area contributed by atoms with Gasteiger partial charge in [-0.15, -0.1) is 0 Å². The van der Waals surface area contributed by atoms with Gasteiger partial charge in [-0.25, -0.2) is 4.79 Å². The first-order valence-electron chi connectivity index (χ1n) is 13.1. The summed E-state index contributed by atoms with van der Waals surface area (Å²) in [6.07, 6.45) is 5.14. The maximum absolute atomic E-state index is 13.9. The number of alkyl carbamates (subject to hydrolysis) is 1. The number of nitrogens with one attached hydrogen (secondary N) is 2. The molecule has 0 spiro atoms. The lowest BCUT2D eigenvalue weighted by molar-refractivity contribution is -0.143.